The molecule has 0 aromatic heterocycles. The van der Waals surface area contributed by atoms with Crippen molar-refractivity contribution in [3.8, 4) is 6.07 Å². The SMILES string of the molecule is CC(C)C1CCCCC1(O)C1(C#N)Cc2ccccc2C1. The van der Waals surface area contributed by atoms with Crippen molar-refractivity contribution >= 4 is 0 Å². The van der Waals surface area contributed by atoms with Crippen LogP contribution in [0.4, 0.5) is 0 Å². The number of hydrogen-bond acceptors (Lipinski definition) is 2. The van der Waals surface area contributed by atoms with Gasteiger partial charge in [-0.25, -0.2) is 0 Å². The van der Waals surface area contributed by atoms with Gasteiger partial charge in [-0.3, -0.25) is 0 Å². The van der Waals surface area contributed by atoms with Crippen LogP contribution in [-0.2, 0) is 12.8 Å². The highest BCUT2D eigenvalue weighted by Crippen LogP contribution is 2.54. The number of benzene rings is 1. The summed E-state index contributed by atoms with van der Waals surface area (Å²) in [5, 5.41) is 21.6. The van der Waals surface area contributed by atoms with Gasteiger partial charge in [-0.05, 0) is 48.6 Å². The van der Waals surface area contributed by atoms with E-state index in [9.17, 15) is 10.4 Å². The van der Waals surface area contributed by atoms with Crippen LogP contribution >= 0.6 is 0 Å². The molecule has 112 valence electrons. The minimum absolute atomic E-state index is 0.236. The highest BCUT2D eigenvalue weighted by Gasteiger charge is 2.58. The zero-order chi connectivity index (χ0) is 15.1. The van der Waals surface area contributed by atoms with E-state index in [-0.39, 0.29) is 5.92 Å². The molecule has 1 aromatic rings. The molecular weight excluding hydrogens is 258 g/mol. The van der Waals surface area contributed by atoms with Crippen LogP contribution in [0.3, 0.4) is 0 Å². The molecule has 2 heteroatoms. The second kappa shape index (κ2) is 5.14. The molecule has 2 nitrogen and oxygen atoms in total. The van der Waals surface area contributed by atoms with Gasteiger partial charge in [0, 0.05) is 0 Å². The Labute approximate surface area is 127 Å². The van der Waals surface area contributed by atoms with Crippen molar-refractivity contribution in [1.29, 1.82) is 5.26 Å². The molecule has 2 atom stereocenters. The summed E-state index contributed by atoms with van der Waals surface area (Å²) in [6.45, 7) is 4.38. The maximum Gasteiger partial charge on any atom is 0.0943 e. The maximum absolute atomic E-state index is 11.6. The van der Waals surface area contributed by atoms with Gasteiger partial charge in [-0.15, -0.1) is 0 Å². The fourth-order valence-electron chi connectivity index (χ4n) is 4.76. The van der Waals surface area contributed by atoms with E-state index in [0.29, 0.717) is 18.8 Å². The molecule has 21 heavy (non-hydrogen) atoms. The summed E-state index contributed by atoms with van der Waals surface area (Å²) < 4.78 is 0. The molecule has 0 radical (unpaired) electrons. The molecule has 0 saturated heterocycles. The first kappa shape index (κ1) is 14.6. The van der Waals surface area contributed by atoms with E-state index in [2.05, 4.69) is 32.0 Å². The van der Waals surface area contributed by atoms with E-state index in [4.69, 9.17) is 0 Å². The molecule has 1 saturated carbocycles. The summed E-state index contributed by atoms with van der Waals surface area (Å²) >= 11 is 0. The molecule has 0 amide bonds. The third kappa shape index (κ3) is 2.10. The first-order chi connectivity index (χ1) is 10.0. The van der Waals surface area contributed by atoms with Gasteiger partial charge in [-0.1, -0.05) is 51.0 Å². The van der Waals surface area contributed by atoms with Gasteiger partial charge in [0.05, 0.1) is 17.1 Å². The summed E-state index contributed by atoms with van der Waals surface area (Å²) in [6.07, 6.45) is 5.46. The molecule has 3 rings (SSSR count). The topological polar surface area (TPSA) is 44.0 Å². The summed E-state index contributed by atoms with van der Waals surface area (Å²) in [5.74, 6) is 0.657. The Morgan fingerprint density at radius 3 is 2.33 bits per heavy atom. The van der Waals surface area contributed by atoms with Crippen molar-refractivity contribution in [2.24, 2.45) is 17.3 Å². The molecule has 0 aliphatic heterocycles. The summed E-state index contributed by atoms with van der Waals surface area (Å²) in [7, 11) is 0. The number of hydrogen-bond donors (Lipinski definition) is 1. The third-order valence-corrected chi connectivity index (χ3v) is 5.89. The normalized spacial score (nSPS) is 30.9. The van der Waals surface area contributed by atoms with Crippen LogP contribution in [0.15, 0.2) is 24.3 Å². The van der Waals surface area contributed by atoms with E-state index in [1.54, 1.807) is 0 Å². The monoisotopic (exact) mass is 283 g/mol. The van der Waals surface area contributed by atoms with E-state index in [1.807, 2.05) is 12.1 Å². The van der Waals surface area contributed by atoms with E-state index >= 15 is 0 Å². The van der Waals surface area contributed by atoms with Crippen molar-refractivity contribution in [3.05, 3.63) is 35.4 Å². The Morgan fingerprint density at radius 1 is 1.19 bits per heavy atom. The lowest BCUT2D eigenvalue weighted by molar-refractivity contribution is -0.134. The van der Waals surface area contributed by atoms with E-state index in [1.165, 1.54) is 17.5 Å². The standard InChI is InChI=1S/C19H25NO/c1-14(2)17-9-5-6-10-19(17,21)18(13-20)11-15-7-3-4-8-16(15)12-18/h3-4,7-8,14,17,21H,5-6,9-12H2,1-2H3. The van der Waals surface area contributed by atoms with Crippen LogP contribution in [0.2, 0.25) is 0 Å². The lowest BCUT2D eigenvalue weighted by atomic mass is 9.57. The first-order valence-corrected chi connectivity index (χ1v) is 8.23. The molecule has 1 N–H and O–H groups in total. The van der Waals surface area contributed by atoms with Crippen LogP contribution in [0.25, 0.3) is 0 Å². The smallest absolute Gasteiger partial charge is 0.0943 e. The maximum atomic E-state index is 11.6. The highest BCUT2D eigenvalue weighted by molar-refractivity contribution is 5.39. The van der Waals surface area contributed by atoms with Gasteiger partial charge < -0.3 is 5.11 Å². The zero-order valence-electron chi connectivity index (χ0n) is 13.1. The van der Waals surface area contributed by atoms with E-state index < -0.39 is 11.0 Å². The average Bonchev–Trinajstić information content (AvgIpc) is 2.87. The molecular formula is C19H25NO. The molecule has 2 aliphatic carbocycles. The number of rotatable bonds is 2. The second-order valence-corrected chi connectivity index (χ2v) is 7.34. The minimum Gasteiger partial charge on any atom is -0.388 e. The summed E-state index contributed by atoms with van der Waals surface area (Å²) in [4.78, 5) is 0. The largest absolute Gasteiger partial charge is 0.388 e. The highest BCUT2D eigenvalue weighted by atomic mass is 16.3. The average molecular weight is 283 g/mol. The quantitative estimate of drug-likeness (QED) is 0.895. The van der Waals surface area contributed by atoms with Gasteiger partial charge in [-0.2, -0.15) is 5.26 Å². The molecule has 1 aromatic carbocycles. The third-order valence-electron chi connectivity index (χ3n) is 5.89. The number of nitrogens with zero attached hydrogens (tertiary/aromatic N) is 1. The van der Waals surface area contributed by atoms with Crippen molar-refractivity contribution in [2.75, 3.05) is 0 Å². The van der Waals surface area contributed by atoms with Gasteiger partial charge in [0.25, 0.3) is 0 Å². The van der Waals surface area contributed by atoms with Crippen LogP contribution < -0.4 is 0 Å². The van der Waals surface area contributed by atoms with Gasteiger partial charge in [0.1, 0.15) is 0 Å². The van der Waals surface area contributed by atoms with Crippen LogP contribution in [-0.4, -0.2) is 10.7 Å². The van der Waals surface area contributed by atoms with E-state index in [0.717, 1.165) is 19.3 Å². The molecule has 0 heterocycles. The summed E-state index contributed by atoms with van der Waals surface area (Å²) in [6, 6.07) is 10.9. The first-order valence-electron chi connectivity index (χ1n) is 8.23. The molecule has 1 fully saturated rings. The van der Waals surface area contributed by atoms with Crippen molar-refractivity contribution in [2.45, 2.75) is 58.0 Å². The lowest BCUT2D eigenvalue weighted by Gasteiger charge is -2.50. The van der Waals surface area contributed by atoms with Crippen LogP contribution in [0.1, 0.15) is 50.7 Å². The predicted octanol–water partition coefficient (Wildman–Crippen LogP) is 3.87. The molecule has 0 bridgehead atoms. The van der Waals surface area contributed by atoms with Gasteiger partial charge in [0.2, 0.25) is 0 Å². The van der Waals surface area contributed by atoms with Crippen LogP contribution in [0, 0.1) is 28.6 Å². The van der Waals surface area contributed by atoms with Gasteiger partial charge >= 0.3 is 0 Å². The fraction of sp³-hybridized carbons (Fsp3) is 0.632. The fourth-order valence-corrected chi connectivity index (χ4v) is 4.76. The number of nitriles is 1. The molecule has 0 spiro atoms. The Hall–Kier alpha value is -1.33. The van der Waals surface area contributed by atoms with Crippen LogP contribution in [0.5, 0.6) is 0 Å². The Bertz CT molecular complexity index is 546. The molecule has 2 aliphatic rings. The number of fused-ring (bicyclic) bond motifs is 1. The molecule has 2 unspecified atom stereocenters. The zero-order valence-corrected chi connectivity index (χ0v) is 13.1. The van der Waals surface area contributed by atoms with Crippen molar-refractivity contribution in [3.63, 3.8) is 0 Å². The Kier molecular flexibility index (Phi) is 3.58. The van der Waals surface area contributed by atoms with Gasteiger partial charge in [0.15, 0.2) is 0 Å². The second-order valence-electron chi connectivity index (χ2n) is 7.34. The Balaban J connectivity index is 2.02. The number of aliphatic hydroxyl groups is 1. The van der Waals surface area contributed by atoms with Crippen molar-refractivity contribution < 1.29 is 5.11 Å². The Morgan fingerprint density at radius 2 is 1.81 bits per heavy atom. The minimum atomic E-state index is -0.840. The summed E-state index contributed by atoms with van der Waals surface area (Å²) in [5.41, 5.74) is 1.03. The lowest BCUT2D eigenvalue weighted by Crippen LogP contribution is -2.56. The predicted molar refractivity (Wildman–Crippen MR) is 83.6 cm³/mol. The van der Waals surface area contributed by atoms with Crippen molar-refractivity contribution in [1.82, 2.24) is 0 Å².